The summed E-state index contributed by atoms with van der Waals surface area (Å²) >= 11 is 0. The zero-order valence-electron chi connectivity index (χ0n) is 11.2. The molecule has 100 valence electrons. The molecule has 1 fully saturated rings. The van der Waals surface area contributed by atoms with Crippen molar-refractivity contribution in [3.05, 3.63) is 18.0 Å². The monoisotopic (exact) mass is 250 g/mol. The lowest BCUT2D eigenvalue weighted by Gasteiger charge is -2.23. The highest BCUT2D eigenvalue weighted by atomic mass is 16.2. The molecule has 1 atom stereocenters. The fraction of sp³-hybridized carbons (Fsp3) is 0.692. The summed E-state index contributed by atoms with van der Waals surface area (Å²) in [6.45, 7) is 1.59. The van der Waals surface area contributed by atoms with Gasteiger partial charge >= 0.3 is 0 Å². The quantitative estimate of drug-likeness (QED) is 0.867. The highest BCUT2D eigenvalue weighted by Gasteiger charge is 2.22. The summed E-state index contributed by atoms with van der Waals surface area (Å²) in [5, 5.41) is 7.46. The van der Waals surface area contributed by atoms with Crippen molar-refractivity contribution in [3.8, 4) is 0 Å². The van der Waals surface area contributed by atoms with E-state index in [2.05, 4.69) is 10.4 Å². The van der Waals surface area contributed by atoms with Crippen LogP contribution in [0, 0.1) is 0 Å². The molecule has 2 rings (SSSR count). The van der Waals surface area contributed by atoms with Crippen LogP contribution in [0.15, 0.2) is 12.4 Å². The number of rotatable bonds is 3. The Morgan fingerprint density at radius 2 is 2.39 bits per heavy atom. The first-order valence-corrected chi connectivity index (χ1v) is 6.62. The van der Waals surface area contributed by atoms with Gasteiger partial charge < -0.3 is 10.2 Å². The van der Waals surface area contributed by atoms with E-state index < -0.39 is 0 Å². The van der Waals surface area contributed by atoms with Crippen LogP contribution in [0.2, 0.25) is 0 Å². The lowest BCUT2D eigenvalue weighted by molar-refractivity contribution is -0.132. The van der Waals surface area contributed by atoms with E-state index in [1.165, 1.54) is 12.8 Å². The van der Waals surface area contributed by atoms with Gasteiger partial charge in [-0.2, -0.15) is 5.10 Å². The van der Waals surface area contributed by atoms with E-state index in [9.17, 15) is 4.79 Å². The molecular formula is C13H22N4O. The molecule has 1 aliphatic rings. The minimum Gasteiger partial charge on any atom is -0.340 e. The minimum absolute atomic E-state index is 0.00540. The van der Waals surface area contributed by atoms with Gasteiger partial charge in [-0.1, -0.05) is 12.8 Å². The van der Waals surface area contributed by atoms with E-state index >= 15 is 0 Å². The summed E-state index contributed by atoms with van der Waals surface area (Å²) < 4.78 is 1.76. The van der Waals surface area contributed by atoms with Crippen molar-refractivity contribution in [2.75, 3.05) is 13.6 Å². The predicted molar refractivity (Wildman–Crippen MR) is 69.9 cm³/mol. The third-order valence-corrected chi connectivity index (χ3v) is 3.41. The highest BCUT2D eigenvalue weighted by Crippen LogP contribution is 2.11. The van der Waals surface area contributed by atoms with Crippen LogP contribution < -0.4 is 5.32 Å². The van der Waals surface area contributed by atoms with Gasteiger partial charge in [0.2, 0.25) is 5.91 Å². The number of nitrogens with one attached hydrogen (secondary N) is 1. The van der Waals surface area contributed by atoms with Gasteiger partial charge in [-0.05, 0) is 19.4 Å². The molecule has 1 aliphatic heterocycles. The summed E-state index contributed by atoms with van der Waals surface area (Å²) in [6, 6.07) is -0.00540. The van der Waals surface area contributed by atoms with Gasteiger partial charge in [0.25, 0.3) is 0 Å². The second kappa shape index (κ2) is 6.00. The molecule has 18 heavy (non-hydrogen) atoms. The zero-order valence-corrected chi connectivity index (χ0v) is 11.2. The fourth-order valence-corrected chi connectivity index (χ4v) is 2.41. The normalized spacial score (nSPS) is 20.4. The van der Waals surface area contributed by atoms with Gasteiger partial charge in [-0.25, -0.2) is 0 Å². The lowest BCUT2D eigenvalue weighted by atomic mass is 10.1. The number of likely N-dealkylation sites (N-methyl/N-ethyl adjacent to an activating group) is 1. The van der Waals surface area contributed by atoms with Crippen LogP contribution in [0.3, 0.4) is 0 Å². The molecule has 5 nitrogen and oxygen atoms in total. The van der Waals surface area contributed by atoms with E-state index in [1.54, 1.807) is 9.58 Å². The van der Waals surface area contributed by atoms with E-state index in [-0.39, 0.29) is 11.9 Å². The van der Waals surface area contributed by atoms with Crippen molar-refractivity contribution in [1.82, 2.24) is 20.0 Å². The van der Waals surface area contributed by atoms with Gasteiger partial charge in [0.15, 0.2) is 0 Å². The number of carbonyl (C=O) groups is 1. The van der Waals surface area contributed by atoms with Crippen LogP contribution in [0.1, 0.15) is 31.2 Å². The molecule has 0 aromatic carbocycles. The minimum atomic E-state index is -0.00540. The molecule has 0 spiro atoms. The number of carbonyl (C=O) groups excluding carboxylic acids is 1. The maximum Gasteiger partial charge on any atom is 0.239 e. The number of hydrogen-bond acceptors (Lipinski definition) is 3. The third-order valence-electron chi connectivity index (χ3n) is 3.41. The largest absolute Gasteiger partial charge is 0.340 e. The predicted octanol–water partition coefficient (Wildman–Crippen LogP) is 0.911. The molecule has 2 heterocycles. The molecule has 0 radical (unpaired) electrons. The Kier molecular flexibility index (Phi) is 4.36. The Morgan fingerprint density at radius 1 is 1.56 bits per heavy atom. The fourth-order valence-electron chi connectivity index (χ4n) is 2.41. The average Bonchev–Trinajstić information content (AvgIpc) is 2.62. The summed E-state index contributed by atoms with van der Waals surface area (Å²) in [6.07, 6.45) is 8.26. The zero-order chi connectivity index (χ0) is 13.0. The van der Waals surface area contributed by atoms with Crippen molar-refractivity contribution < 1.29 is 4.79 Å². The molecule has 1 aromatic rings. The molecule has 5 heteroatoms. The molecule has 1 amide bonds. The maximum absolute atomic E-state index is 12.3. The van der Waals surface area contributed by atoms with Crippen molar-refractivity contribution in [2.24, 2.45) is 7.05 Å². The summed E-state index contributed by atoms with van der Waals surface area (Å²) in [4.78, 5) is 14.1. The molecule has 0 bridgehead atoms. The summed E-state index contributed by atoms with van der Waals surface area (Å²) in [5.41, 5.74) is 1.07. The average molecular weight is 250 g/mol. The van der Waals surface area contributed by atoms with Crippen LogP contribution in [0.5, 0.6) is 0 Å². The Hall–Kier alpha value is -1.36. The van der Waals surface area contributed by atoms with Crippen LogP contribution in [0.25, 0.3) is 0 Å². The highest BCUT2D eigenvalue weighted by molar-refractivity contribution is 5.81. The van der Waals surface area contributed by atoms with E-state index in [4.69, 9.17) is 0 Å². The molecule has 0 aliphatic carbocycles. The van der Waals surface area contributed by atoms with Gasteiger partial charge in [0.05, 0.1) is 12.2 Å². The van der Waals surface area contributed by atoms with Gasteiger partial charge in [0, 0.05) is 32.4 Å². The van der Waals surface area contributed by atoms with Crippen molar-refractivity contribution in [2.45, 2.75) is 38.3 Å². The molecule has 1 unspecified atom stereocenters. The molecule has 0 saturated carbocycles. The summed E-state index contributed by atoms with van der Waals surface area (Å²) in [5.74, 6) is 0.195. The van der Waals surface area contributed by atoms with Gasteiger partial charge in [-0.15, -0.1) is 0 Å². The first-order valence-electron chi connectivity index (χ1n) is 6.62. The smallest absolute Gasteiger partial charge is 0.239 e. The second-order valence-electron chi connectivity index (χ2n) is 5.07. The topological polar surface area (TPSA) is 50.2 Å². The van der Waals surface area contributed by atoms with Crippen molar-refractivity contribution in [1.29, 1.82) is 0 Å². The van der Waals surface area contributed by atoms with Crippen LogP contribution in [-0.2, 0) is 18.4 Å². The number of aromatic nitrogens is 2. The van der Waals surface area contributed by atoms with Gasteiger partial charge in [-0.3, -0.25) is 9.48 Å². The van der Waals surface area contributed by atoms with Crippen LogP contribution in [-0.4, -0.2) is 40.2 Å². The molecular weight excluding hydrogens is 228 g/mol. The van der Waals surface area contributed by atoms with Crippen molar-refractivity contribution in [3.63, 3.8) is 0 Å². The Balaban J connectivity index is 1.91. The number of aryl methyl sites for hydroxylation is 1. The van der Waals surface area contributed by atoms with Crippen LogP contribution in [0.4, 0.5) is 0 Å². The Bertz CT molecular complexity index is 393. The van der Waals surface area contributed by atoms with E-state index in [0.29, 0.717) is 6.54 Å². The second-order valence-corrected chi connectivity index (χ2v) is 5.07. The standard InChI is InChI=1S/C13H22N4O/c1-16(9-11-8-15-17(2)10-11)13(18)12-6-4-3-5-7-14-12/h8,10,12,14H,3-7,9H2,1-2H3. The number of hydrogen-bond donors (Lipinski definition) is 1. The Labute approximate surface area is 108 Å². The van der Waals surface area contributed by atoms with Crippen molar-refractivity contribution >= 4 is 5.91 Å². The SMILES string of the molecule is CN(Cc1cnn(C)c1)C(=O)C1CCCCCN1. The third kappa shape index (κ3) is 3.32. The first-order chi connectivity index (χ1) is 8.66. The molecule has 1 N–H and O–H groups in total. The number of amides is 1. The van der Waals surface area contributed by atoms with Crippen LogP contribution >= 0.6 is 0 Å². The van der Waals surface area contributed by atoms with E-state index in [0.717, 1.165) is 24.9 Å². The first kappa shape index (κ1) is 13.1. The maximum atomic E-state index is 12.3. The Morgan fingerprint density at radius 3 is 3.11 bits per heavy atom. The molecule has 1 aromatic heterocycles. The van der Waals surface area contributed by atoms with E-state index in [1.807, 2.05) is 26.5 Å². The van der Waals surface area contributed by atoms with Gasteiger partial charge in [0.1, 0.15) is 0 Å². The molecule has 1 saturated heterocycles. The lowest BCUT2D eigenvalue weighted by Crippen LogP contribution is -2.44. The summed E-state index contributed by atoms with van der Waals surface area (Å²) in [7, 11) is 3.75. The number of nitrogens with zero attached hydrogens (tertiary/aromatic N) is 3.